The van der Waals surface area contributed by atoms with Gasteiger partial charge in [-0.05, 0) is 17.5 Å². The Morgan fingerprint density at radius 1 is 1.38 bits per heavy atom. The van der Waals surface area contributed by atoms with Crippen molar-refractivity contribution in [2.24, 2.45) is 0 Å². The van der Waals surface area contributed by atoms with Gasteiger partial charge < -0.3 is 10.8 Å². The van der Waals surface area contributed by atoms with E-state index >= 15 is 0 Å². The number of phenols is 1. The molecule has 0 saturated carbocycles. The number of aromatic hydroxyl groups is 1. The maximum atomic E-state index is 10.1. The molecule has 4 nitrogen and oxygen atoms in total. The Balaban J connectivity index is 2.54. The number of nitrogens with one attached hydrogen (secondary N) is 1. The monoisotopic (exact) mass is 217 g/mol. The molecule has 1 aromatic carbocycles. The number of anilines is 1. The lowest BCUT2D eigenvalue weighted by molar-refractivity contribution is 0.466. The van der Waals surface area contributed by atoms with E-state index in [9.17, 15) is 5.11 Å². The molecular formula is C12H15N3O. The van der Waals surface area contributed by atoms with Gasteiger partial charge in [0.2, 0.25) is 0 Å². The Hall–Kier alpha value is -1.97. The van der Waals surface area contributed by atoms with Gasteiger partial charge in [0.05, 0.1) is 5.69 Å². The number of benzene rings is 1. The zero-order chi connectivity index (χ0) is 11.7. The van der Waals surface area contributed by atoms with Crippen LogP contribution >= 0.6 is 0 Å². The van der Waals surface area contributed by atoms with E-state index in [2.05, 4.69) is 10.2 Å². The molecule has 2 rings (SSSR count). The molecule has 0 amide bonds. The third-order valence-corrected chi connectivity index (χ3v) is 2.58. The van der Waals surface area contributed by atoms with Crippen LogP contribution in [0.25, 0.3) is 11.3 Å². The van der Waals surface area contributed by atoms with Crippen LogP contribution in [0.4, 0.5) is 5.82 Å². The number of rotatable bonds is 2. The highest BCUT2D eigenvalue weighted by Crippen LogP contribution is 2.35. The first kappa shape index (κ1) is 10.5. The smallest absolute Gasteiger partial charge is 0.145 e. The third kappa shape index (κ3) is 1.74. The number of nitrogen functional groups attached to an aromatic ring is 1. The molecule has 2 aromatic rings. The fraction of sp³-hybridized carbons (Fsp3) is 0.250. The summed E-state index contributed by atoms with van der Waals surface area (Å²) < 4.78 is 0. The molecule has 0 unspecified atom stereocenters. The van der Waals surface area contributed by atoms with Crippen LogP contribution in [0.3, 0.4) is 0 Å². The summed E-state index contributed by atoms with van der Waals surface area (Å²) in [5, 5.41) is 16.8. The highest BCUT2D eigenvalue weighted by atomic mass is 16.3. The van der Waals surface area contributed by atoms with E-state index in [0.717, 1.165) is 16.8 Å². The number of hydrogen-bond acceptors (Lipinski definition) is 3. The largest absolute Gasteiger partial charge is 0.507 e. The first-order valence-electron chi connectivity index (χ1n) is 5.22. The second-order valence-corrected chi connectivity index (χ2v) is 4.10. The van der Waals surface area contributed by atoms with Gasteiger partial charge in [0.25, 0.3) is 0 Å². The normalized spacial score (nSPS) is 10.9. The van der Waals surface area contributed by atoms with Crippen LogP contribution < -0.4 is 5.73 Å². The summed E-state index contributed by atoms with van der Waals surface area (Å²) in [6.07, 6.45) is 0. The molecule has 16 heavy (non-hydrogen) atoms. The molecule has 0 aliphatic heterocycles. The van der Waals surface area contributed by atoms with Crippen molar-refractivity contribution in [1.29, 1.82) is 0 Å². The standard InChI is InChI=1S/C12H15N3O/c1-7(2)8-4-3-5-9(12(8)16)10-6-11(13)15-14-10/h3-7,16H,1-2H3,(H3,13,14,15). The maximum absolute atomic E-state index is 10.1. The SMILES string of the molecule is CC(C)c1cccc(-c2cc(N)n[nH]2)c1O. The van der Waals surface area contributed by atoms with Crippen LogP contribution in [-0.4, -0.2) is 15.3 Å². The topological polar surface area (TPSA) is 74.9 Å². The van der Waals surface area contributed by atoms with Crippen LogP contribution in [0.5, 0.6) is 5.75 Å². The summed E-state index contributed by atoms with van der Waals surface area (Å²) >= 11 is 0. The Labute approximate surface area is 94.1 Å². The highest BCUT2D eigenvalue weighted by Gasteiger charge is 2.12. The molecule has 0 spiro atoms. The minimum Gasteiger partial charge on any atom is -0.507 e. The molecule has 4 N–H and O–H groups in total. The van der Waals surface area contributed by atoms with Crippen molar-refractivity contribution in [1.82, 2.24) is 10.2 Å². The summed E-state index contributed by atoms with van der Waals surface area (Å²) in [5.74, 6) is 0.991. The van der Waals surface area contributed by atoms with Gasteiger partial charge >= 0.3 is 0 Å². The third-order valence-electron chi connectivity index (χ3n) is 2.58. The predicted octanol–water partition coefficient (Wildman–Crippen LogP) is 2.49. The van der Waals surface area contributed by atoms with Crippen molar-refractivity contribution in [3.8, 4) is 17.0 Å². The molecule has 1 aromatic heterocycles. The molecule has 4 heteroatoms. The van der Waals surface area contributed by atoms with E-state index in [1.807, 2.05) is 32.0 Å². The van der Waals surface area contributed by atoms with Gasteiger partial charge in [-0.2, -0.15) is 5.10 Å². The average Bonchev–Trinajstić information content (AvgIpc) is 2.64. The molecule has 0 saturated heterocycles. The van der Waals surface area contributed by atoms with Gasteiger partial charge in [0, 0.05) is 11.6 Å². The fourth-order valence-corrected chi connectivity index (χ4v) is 1.72. The number of phenolic OH excluding ortho intramolecular Hbond substituents is 1. The van der Waals surface area contributed by atoms with E-state index in [-0.39, 0.29) is 5.92 Å². The van der Waals surface area contributed by atoms with Crippen molar-refractivity contribution < 1.29 is 5.11 Å². The summed E-state index contributed by atoms with van der Waals surface area (Å²) in [6.45, 7) is 4.08. The Morgan fingerprint density at radius 2 is 2.12 bits per heavy atom. The molecular weight excluding hydrogens is 202 g/mol. The molecule has 0 atom stereocenters. The van der Waals surface area contributed by atoms with E-state index in [0.29, 0.717) is 11.6 Å². The zero-order valence-electron chi connectivity index (χ0n) is 9.36. The van der Waals surface area contributed by atoms with Gasteiger partial charge in [0.15, 0.2) is 0 Å². The van der Waals surface area contributed by atoms with Crippen LogP contribution in [0.2, 0.25) is 0 Å². The minimum atomic E-state index is 0.278. The minimum absolute atomic E-state index is 0.278. The quantitative estimate of drug-likeness (QED) is 0.723. The molecule has 0 fully saturated rings. The summed E-state index contributed by atoms with van der Waals surface area (Å²) in [5.41, 5.74) is 7.93. The Bertz CT molecular complexity index is 503. The van der Waals surface area contributed by atoms with Crippen LogP contribution in [0, 0.1) is 0 Å². The number of nitrogens with zero attached hydrogens (tertiary/aromatic N) is 1. The van der Waals surface area contributed by atoms with Gasteiger partial charge in [-0.15, -0.1) is 0 Å². The summed E-state index contributed by atoms with van der Waals surface area (Å²) in [7, 11) is 0. The predicted molar refractivity (Wildman–Crippen MR) is 64.2 cm³/mol. The highest BCUT2D eigenvalue weighted by molar-refractivity contribution is 5.70. The lowest BCUT2D eigenvalue weighted by Gasteiger charge is -2.10. The van der Waals surface area contributed by atoms with Gasteiger partial charge in [-0.25, -0.2) is 0 Å². The van der Waals surface area contributed by atoms with Crippen LogP contribution in [0.15, 0.2) is 24.3 Å². The number of nitrogens with two attached hydrogens (primary N) is 1. The van der Waals surface area contributed by atoms with Gasteiger partial charge in [-0.1, -0.05) is 26.0 Å². The van der Waals surface area contributed by atoms with E-state index in [4.69, 9.17) is 5.73 Å². The average molecular weight is 217 g/mol. The summed E-state index contributed by atoms with van der Waals surface area (Å²) in [6, 6.07) is 7.39. The lowest BCUT2D eigenvalue weighted by Crippen LogP contribution is -1.90. The number of aromatic nitrogens is 2. The molecule has 1 heterocycles. The van der Waals surface area contributed by atoms with Gasteiger partial charge in [0.1, 0.15) is 11.6 Å². The first-order valence-corrected chi connectivity index (χ1v) is 5.22. The van der Waals surface area contributed by atoms with Crippen molar-refractivity contribution in [2.45, 2.75) is 19.8 Å². The Kier molecular flexibility index (Phi) is 2.56. The number of para-hydroxylation sites is 1. The van der Waals surface area contributed by atoms with E-state index in [1.165, 1.54) is 0 Å². The zero-order valence-corrected chi connectivity index (χ0v) is 9.36. The fourth-order valence-electron chi connectivity index (χ4n) is 1.72. The number of H-pyrrole nitrogens is 1. The second kappa shape index (κ2) is 3.89. The molecule has 0 aliphatic rings. The van der Waals surface area contributed by atoms with Crippen molar-refractivity contribution in [2.75, 3.05) is 5.73 Å². The van der Waals surface area contributed by atoms with Crippen molar-refractivity contribution in [3.05, 3.63) is 29.8 Å². The van der Waals surface area contributed by atoms with E-state index in [1.54, 1.807) is 6.07 Å². The summed E-state index contributed by atoms with van der Waals surface area (Å²) in [4.78, 5) is 0. The Morgan fingerprint density at radius 3 is 2.69 bits per heavy atom. The molecule has 0 aliphatic carbocycles. The molecule has 0 radical (unpaired) electrons. The first-order chi connectivity index (χ1) is 7.59. The van der Waals surface area contributed by atoms with Crippen molar-refractivity contribution >= 4 is 5.82 Å². The molecule has 84 valence electrons. The number of aromatic amines is 1. The second-order valence-electron chi connectivity index (χ2n) is 4.10. The molecule has 0 bridgehead atoms. The van der Waals surface area contributed by atoms with Crippen molar-refractivity contribution in [3.63, 3.8) is 0 Å². The maximum Gasteiger partial charge on any atom is 0.145 e. The van der Waals surface area contributed by atoms with Crippen LogP contribution in [-0.2, 0) is 0 Å². The lowest BCUT2D eigenvalue weighted by atomic mass is 9.98. The van der Waals surface area contributed by atoms with Crippen LogP contribution in [0.1, 0.15) is 25.3 Å². The number of hydrogen-bond donors (Lipinski definition) is 3. The van der Waals surface area contributed by atoms with E-state index < -0.39 is 0 Å². The van der Waals surface area contributed by atoms with Gasteiger partial charge in [-0.3, -0.25) is 5.10 Å².